The SMILES string of the molecule is CC(C)(CCc1ccccc1)n1cnc2c1CCNC2. The van der Waals surface area contributed by atoms with Crippen molar-refractivity contribution in [2.75, 3.05) is 6.54 Å². The number of hydrogen-bond donors (Lipinski definition) is 1. The summed E-state index contributed by atoms with van der Waals surface area (Å²) in [5.74, 6) is 0. The molecular weight excluding hydrogens is 246 g/mol. The molecule has 0 saturated heterocycles. The van der Waals surface area contributed by atoms with Crippen molar-refractivity contribution >= 4 is 0 Å². The summed E-state index contributed by atoms with van der Waals surface area (Å²) >= 11 is 0. The number of hydrogen-bond acceptors (Lipinski definition) is 2. The molecule has 1 aliphatic heterocycles. The lowest BCUT2D eigenvalue weighted by atomic mass is 9.94. The zero-order chi connectivity index (χ0) is 14.0. The Morgan fingerprint density at radius 3 is 2.85 bits per heavy atom. The van der Waals surface area contributed by atoms with Gasteiger partial charge >= 0.3 is 0 Å². The summed E-state index contributed by atoms with van der Waals surface area (Å²) < 4.78 is 2.39. The maximum atomic E-state index is 4.58. The summed E-state index contributed by atoms with van der Waals surface area (Å²) in [7, 11) is 0. The van der Waals surface area contributed by atoms with Gasteiger partial charge in [0.2, 0.25) is 0 Å². The van der Waals surface area contributed by atoms with Crippen LogP contribution in [0.1, 0.15) is 37.2 Å². The molecule has 2 heterocycles. The van der Waals surface area contributed by atoms with Crippen LogP contribution in [0.25, 0.3) is 0 Å². The highest BCUT2D eigenvalue weighted by Crippen LogP contribution is 2.26. The molecule has 0 atom stereocenters. The van der Waals surface area contributed by atoms with Crippen LogP contribution < -0.4 is 5.32 Å². The molecule has 0 radical (unpaired) electrons. The van der Waals surface area contributed by atoms with Crippen LogP contribution in [0.5, 0.6) is 0 Å². The number of aryl methyl sites for hydroxylation is 1. The molecule has 3 nitrogen and oxygen atoms in total. The van der Waals surface area contributed by atoms with Crippen molar-refractivity contribution in [1.82, 2.24) is 14.9 Å². The van der Waals surface area contributed by atoms with E-state index in [2.05, 4.69) is 59.0 Å². The van der Waals surface area contributed by atoms with Crippen LogP contribution in [-0.4, -0.2) is 16.1 Å². The molecule has 0 saturated carbocycles. The summed E-state index contributed by atoms with van der Waals surface area (Å²) in [6, 6.07) is 10.7. The molecule has 3 heteroatoms. The zero-order valence-electron chi connectivity index (χ0n) is 12.4. The van der Waals surface area contributed by atoms with E-state index >= 15 is 0 Å². The Morgan fingerprint density at radius 2 is 2.05 bits per heavy atom. The Balaban J connectivity index is 1.76. The fourth-order valence-corrected chi connectivity index (χ4v) is 2.97. The molecule has 0 spiro atoms. The third-order valence-electron chi connectivity index (χ3n) is 4.30. The van der Waals surface area contributed by atoms with Crippen molar-refractivity contribution in [2.24, 2.45) is 0 Å². The van der Waals surface area contributed by atoms with Gasteiger partial charge in [0, 0.05) is 30.7 Å². The fourth-order valence-electron chi connectivity index (χ4n) is 2.97. The van der Waals surface area contributed by atoms with Gasteiger partial charge in [0.05, 0.1) is 12.0 Å². The molecule has 2 aromatic rings. The normalized spacial score (nSPS) is 15.1. The Hall–Kier alpha value is -1.61. The van der Waals surface area contributed by atoms with E-state index in [0.717, 1.165) is 32.4 Å². The van der Waals surface area contributed by atoms with Gasteiger partial charge in [0.25, 0.3) is 0 Å². The largest absolute Gasteiger partial charge is 0.329 e. The lowest BCUT2D eigenvalue weighted by Gasteiger charge is -2.30. The van der Waals surface area contributed by atoms with Gasteiger partial charge < -0.3 is 9.88 Å². The van der Waals surface area contributed by atoms with Crippen molar-refractivity contribution in [3.8, 4) is 0 Å². The smallest absolute Gasteiger partial charge is 0.0957 e. The highest BCUT2D eigenvalue weighted by Gasteiger charge is 2.25. The van der Waals surface area contributed by atoms with Crippen molar-refractivity contribution in [1.29, 1.82) is 0 Å². The number of nitrogens with zero attached hydrogens (tertiary/aromatic N) is 2. The predicted molar refractivity (Wildman–Crippen MR) is 81.7 cm³/mol. The minimum atomic E-state index is 0.119. The Morgan fingerprint density at radius 1 is 1.25 bits per heavy atom. The van der Waals surface area contributed by atoms with Crippen LogP contribution in [-0.2, 0) is 24.9 Å². The van der Waals surface area contributed by atoms with Gasteiger partial charge in [-0.1, -0.05) is 30.3 Å². The van der Waals surface area contributed by atoms with E-state index < -0.39 is 0 Å². The van der Waals surface area contributed by atoms with Crippen LogP contribution >= 0.6 is 0 Å². The molecule has 0 bridgehead atoms. The molecule has 20 heavy (non-hydrogen) atoms. The number of rotatable bonds is 4. The number of nitrogens with one attached hydrogen (secondary N) is 1. The van der Waals surface area contributed by atoms with Crippen molar-refractivity contribution in [2.45, 2.75) is 45.2 Å². The Labute approximate surface area is 121 Å². The van der Waals surface area contributed by atoms with Crippen LogP contribution in [0.3, 0.4) is 0 Å². The lowest BCUT2D eigenvalue weighted by molar-refractivity contribution is 0.316. The second-order valence-electron chi connectivity index (χ2n) is 6.23. The molecular formula is C17H23N3. The summed E-state index contributed by atoms with van der Waals surface area (Å²) in [6.45, 7) is 6.62. The standard InChI is InChI=1S/C17H23N3/c1-17(2,10-8-14-6-4-3-5-7-14)20-13-19-15-12-18-11-9-16(15)20/h3-7,13,18H,8-12H2,1-2H3. The van der Waals surface area contributed by atoms with E-state index in [1.165, 1.54) is 17.0 Å². The lowest BCUT2D eigenvalue weighted by Crippen LogP contribution is -2.32. The maximum absolute atomic E-state index is 4.58. The van der Waals surface area contributed by atoms with E-state index in [0.29, 0.717) is 0 Å². The molecule has 1 aromatic heterocycles. The molecule has 1 aliphatic rings. The highest BCUT2D eigenvalue weighted by molar-refractivity contribution is 5.19. The molecule has 106 valence electrons. The summed E-state index contributed by atoms with van der Waals surface area (Å²) in [5.41, 5.74) is 4.18. The first kappa shape index (κ1) is 13.4. The second-order valence-corrected chi connectivity index (χ2v) is 6.23. The average molecular weight is 269 g/mol. The number of aromatic nitrogens is 2. The summed E-state index contributed by atoms with van der Waals surface area (Å²) in [6.07, 6.45) is 5.36. The van der Waals surface area contributed by atoms with Gasteiger partial charge in [-0.15, -0.1) is 0 Å². The summed E-state index contributed by atoms with van der Waals surface area (Å²) in [5, 5.41) is 3.39. The van der Waals surface area contributed by atoms with Gasteiger partial charge in [0.1, 0.15) is 0 Å². The first-order valence-corrected chi connectivity index (χ1v) is 7.47. The van der Waals surface area contributed by atoms with E-state index in [-0.39, 0.29) is 5.54 Å². The second kappa shape index (κ2) is 5.41. The van der Waals surface area contributed by atoms with Gasteiger partial charge in [-0.25, -0.2) is 4.98 Å². The highest BCUT2D eigenvalue weighted by atomic mass is 15.1. The van der Waals surface area contributed by atoms with Crippen molar-refractivity contribution in [3.63, 3.8) is 0 Å². The van der Waals surface area contributed by atoms with E-state index in [9.17, 15) is 0 Å². The molecule has 1 aromatic carbocycles. The van der Waals surface area contributed by atoms with Crippen LogP contribution in [0.4, 0.5) is 0 Å². The maximum Gasteiger partial charge on any atom is 0.0957 e. The predicted octanol–water partition coefficient (Wildman–Crippen LogP) is 2.90. The van der Waals surface area contributed by atoms with Crippen LogP contribution in [0, 0.1) is 0 Å². The topological polar surface area (TPSA) is 29.9 Å². The van der Waals surface area contributed by atoms with E-state index in [1.807, 2.05) is 6.33 Å². The Bertz CT molecular complexity index is 569. The molecule has 3 rings (SSSR count). The fraction of sp³-hybridized carbons (Fsp3) is 0.471. The van der Waals surface area contributed by atoms with Crippen LogP contribution in [0.2, 0.25) is 0 Å². The Kier molecular flexibility index (Phi) is 3.62. The number of imidazole rings is 1. The average Bonchev–Trinajstić information content (AvgIpc) is 2.91. The van der Waals surface area contributed by atoms with Gasteiger partial charge in [-0.2, -0.15) is 0 Å². The minimum Gasteiger partial charge on any atom is -0.329 e. The van der Waals surface area contributed by atoms with Crippen molar-refractivity contribution in [3.05, 3.63) is 53.6 Å². The zero-order valence-corrected chi connectivity index (χ0v) is 12.4. The molecule has 0 fully saturated rings. The minimum absolute atomic E-state index is 0.119. The summed E-state index contributed by atoms with van der Waals surface area (Å²) in [4.78, 5) is 4.58. The third kappa shape index (κ3) is 2.63. The molecule has 0 unspecified atom stereocenters. The van der Waals surface area contributed by atoms with Gasteiger partial charge in [-0.05, 0) is 32.3 Å². The molecule has 0 aliphatic carbocycles. The van der Waals surface area contributed by atoms with E-state index in [4.69, 9.17) is 0 Å². The van der Waals surface area contributed by atoms with Gasteiger partial charge in [-0.3, -0.25) is 0 Å². The first-order chi connectivity index (χ1) is 9.67. The number of benzene rings is 1. The van der Waals surface area contributed by atoms with Crippen molar-refractivity contribution < 1.29 is 0 Å². The first-order valence-electron chi connectivity index (χ1n) is 7.47. The van der Waals surface area contributed by atoms with Crippen LogP contribution in [0.15, 0.2) is 36.7 Å². The van der Waals surface area contributed by atoms with Gasteiger partial charge in [0.15, 0.2) is 0 Å². The number of fused-ring (bicyclic) bond motifs is 1. The third-order valence-corrected chi connectivity index (χ3v) is 4.30. The monoisotopic (exact) mass is 269 g/mol. The quantitative estimate of drug-likeness (QED) is 0.925. The molecule has 0 amide bonds. The van der Waals surface area contributed by atoms with E-state index in [1.54, 1.807) is 0 Å². The molecule has 1 N–H and O–H groups in total.